The molecule has 1 unspecified atom stereocenters. The van der Waals surface area contributed by atoms with E-state index in [1.807, 2.05) is 12.1 Å². The molecule has 0 saturated carbocycles. The van der Waals surface area contributed by atoms with Gasteiger partial charge in [0.25, 0.3) is 0 Å². The molecule has 0 radical (unpaired) electrons. The third kappa shape index (κ3) is 2.90. The number of halogens is 3. The van der Waals surface area contributed by atoms with E-state index in [2.05, 4.69) is 0 Å². The predicted octanol–water partition coefficient (Wildman–Crippen LogP) is 4.89. The number of hydrogen-bond acceptors (Lipinski definition) is 3. The van der Waals surface area contributed by atoms with Gasteiger partial charge in [0, 0.05) is 11.6 Å². The normalized spacial score (nSPS) is 18.5. The highest BCUT2D eigenvalue weighted by Gasteiger charge is 2.41. The van der Waals surface area contributed by atoms with Crippen molar-refractivity contribution >= 4 is 0 Å². The van der Waals surface area contributed by atoms with Gasteiger partial charge >= 0.3 is 6.18 Å². The molecule has 0 bridgehead atoms. The van der Waals surface area contributed by atoms with Gasteiger partial charge in [0.15, 0.2) is 0 Å². The Kier molecular flexibility index (Phi) is 4.31. The summed E-state index contributed by atoms with van der Waals surface area (Å²) in [5.41, 5.74) is -0.353. The monoisotopic (exact) mass is 386 g/mol. The lowest BCUT2D eigenvalue weighted by Crippen LogP contribution is -2.29. The molecule has 1 aliphatic rings. The van der Waals surface area contributed by atoms with Crippen LogP contribution in [0.25, 0.3) is 0 Å². The number of rotatable bonds is 2. The van der Waals surface area contributed by atoms with Gasteiger partial charge in [-0.3, -0.25) is 0 Å². The van der Waals surface area contributed by atoms with Crippen molar-refractivity contribution in [2.24, 2.45) is 0 Å². The first-order chi connectivity index (χ1) is 13.3. The molecule has 0 aromatic heterocycles. The zero-order valence-corrected chi connectivity index (χ0v) is 15.0. The first-order valence-corrected chi connectivity index (χ1v) is 8.64. The van der Waals surface area contributed by atoms with Gasteiger partial charge in [-0.15, -0.1) is 0 Å². The minimum Gasteiger partial charge on any atom is -0.497 e. The van der Waals surface area contributed by atoms with E-state index in [0.29, 0.717) is 28.2 Å². The van der Waals surface area contributed by atoms with Gasteiger partial charge in [-0.05, 0) is 41.0 Å². The van der Waals surface area contributed by atoms with E-state index in [4.69, 9.17) is 9.47 Å². The molecule has 1 aliphatic heterocycles. The highest BCUT2D eigenvalue weighted by molar-refractivity contribution is 5.57. The van der Waals surface area contributed by atoms with Gasteiger partial charge in [-0.2, -0.15) is 13.2 Å². The molecule has 4 rings (SSSR count). The van der Waals surface area contributed by atoms with Crippen molar-refractivity contribution < 1.29 is 27.8 Å². The first-order valence-electron chi connectivity index (χ1n) is 8.64. The van der Waals surface area contributed by atoms with E-state index in [9.17, 15) is 18.3 Å². The lowest BCUT2D eigenvalue weighted by Gasteiger charge is -2.31. The number of alkyl halides is 3. The molecule has 3 aromatic rings. The van der Waals surface area contributed by atoms with Crippen LogP contribution in [-0.2, 0) is 18.4 Å². The third-order valence-electron chi connectivity index (χ3n) is 5.00. The van der Waals surface area contributed by atoms with E-state index in [-0.39, 0.29) is 6.61 Å². The van der Waals surface area contributed by atoms with Gasteiger partial charge in [-0.1, -0.05) is 36.4 Å². The molecule has 0 amide bonds. The van der Waals surface area contributed by atoms with E-state index in [0.717, 1.165) is 17.7 Å². The average molecular weight is 386 g/mol. The van der Waals surface area contributed by atoms with Crippen molar-refractivity contribution in [3.8, 4) is 11.5 Å². The maximum absolute atomic E-state index is 13.0. The summed E-state index contributed by atoms with van der Waals surface area (Å²) in [7, 11) is 1.52. The Hall–Kier alpha value is -2.99. The zero-order chi connectivity index (χ0) is 19.9. The fraction of sp³-hybridized carbons (Fsp3) is 0.182. The fourth-order valence-corrected chi connectivity index (χ4v) is 3.56. The summed E-state index contributed by atoms with van der Waals surface area (Å²) in [6, 6.07) is 16.8. The Labute approximate surface area is 160 Å². The largest absolute Gasteiger partial charge is 0.497 e. The summed E-state index contributed by atoms with van der Waals surface area (Å²) in [6.07, 6.45) is -4.45. The van der Waals surface area contributed by atoms with E-state index in [1.165, 1.54) is 19.2 Å². The topological polar surface area (TPSA) is 38.7 Å². The van der Waals surface area contributed by atoms with Crippen molar-refractivity contribution in [2.75, 3.05) is 7.11 Å². The zero-order valence-electron chi connectivity index (χ0n) is 15.0. The number of benzene rings is 3. The number of ether oxygens (including phenoxy) is 2. The second-order valence-electron chi connectivity index (χ2n) is 6.59. The Morgan fingerprint density at radius 3 is 2.36 bits per heavy atom. The molecule has 1 N–H and O–H groups in total. The molecule has 0 spiro atoms. The van der Waals surface area contributed by atoms with Crippen LogP contribution >= 0.6 is 0 Å². The minimum absolute atomic E-state index is 0.222. The third-order valence-corrected chi connectivity index (χ3v) is 5.00. The van der Waals surface area contributed by atoms with Crippen LogP contribution in [-0.4, -0.2) is 12.2 Å². The molecule has 6 heteroatoms. The standard InChI is InChI=1S/C22H17F3O3/c1-27-17-10-11-19-20(12-17)28-13-14-4-2-3-5-18(14)21(19,26)15-6-8-16(9-7-15)22(23,24)25/h2-12,26H,13H2,1H3. The maximum atomic E-state index is 13.0. The predicted molar refractivity (Wildman–Crippen MR) is 97.3 cm³/mol. The number of fused-ring (bicyclic) bond motifs is 2. The van der Waals surface area contributed by atoms with Crippen LogP contribution in [0.4, 0.5) is 13.2 Å². The van der Waals surface area contributed by atoms with E-state index >= 15 is 0 Å². The van der Waals surface area contributed by atoms with Crippen LogP contribution in [0.15, 0.2) is 66.7 Å². The lowest BCUT2D eigenvalue weighted by molar-refractivity contribution is -0.137. The van der Waals surface area contributed by atoms with E-state index in [1.54, 1.807) is 30.3 Å². The van der Waals surface area contributed by atoms with Crippen LogP contribution in [0.5, 0.6) is 11.5 Å². The SMILES string of the molecule is COc1ccc2c(c1)OCc1ccccc1C2(O)c1ccc(C(F)(F)F)cc1. The molecule has 1 heterocycles. The summed E-state index contributed by atoms with van der Waals surface area (Å²) >= 11 is 0. The summed E-state index contributed by atoms with van der Waals surface area (Å²) in [5.74, 6) is 0.970. The van der Waals surface area contributed by atoms with Crippen molar-refractivity contribution in [2.45, 2.75) is 18.4 Å². The van der Waals surface area contributed by atoms with E-state index < -0.39 is 17.3 Å². The molecule has 0 aliphatic carbocycles. The molecular formula is C22H17F3O3. The number of methoxy groups -OCH3 is 1. The smallest absolute Gasteiger partial charge is 0.416 e. The van der Waals surface area contributed by atoms with Gasteiger partial charge < -0.3 is 14.6 Å². The maximum Gasteiger partial charge on any atom is 0.416 e. The quantitative estimate of drug-likeness (QED) is 0.682. The van der Waals surface area contributed by atoms with Crippen LogP contribution < -0.4 is 9.47 Å². The molecule has 144 valence electrons. The summed E-state index contributed by atoms with van der Waals surface area (Å²) < 4.78 is 50.1. The van der Waals surface area contributed by atoms with Crippen molar-refractivity contribution in [3.63, 3.8) is 0 Å². The van der Waals surface area contributed by atoms with Crippen LogP contribution in [0.1, 0.15) is 27.8 Å². The van der Waals surface area contributed by atoms with Crippen LogP contribution in [0.3, 0.4) is 0 Å². The highest BCUT2D eigenvalue weighted by atomic mass is 19.4. The molecule has 0 fully saturated rings. The summed E-state index contributed by atoms with van der Waals surface area (Å²) in [4.78, 5) is 0. The Morgan fingerprint density at radius 1 is 0.964 bits per heavy atom. The molecule has 3 nitrogen and oxygen atoms in total. The number of aliphatic hydroxyl groups is 1. The lowest BCUT2D eigenvalue weighted by atomic mass is 9.78. The molecule has 0 saturated heterocycles. The fourth-order valence-electron chi connectivity index (χ4n) is 3.56. The summed E-state index contributed by atoms with van der Waals surface area (Å²) in [6.45, 7) is 0.222. The molecule has 3 aromatic carbocycles. The van der Waals surface area contributed by atoms with Crippen molar-refractivity contribution in [1.29, 1.82) is 0 Å². The Bertz CT molecular complexity index is 1010. The van der Waals surface area contributed by atoms with Gasteiger partial charge in [0.05, 0.1) is 12.7 Å². The highest BCUT2D eigenvalue weighted by Crippen LogP contribution is 2.46. The van der Waals surface area contributed by atoms with Crippen LogP contribution in [0, 0.1) is 0 Å². The first kappa shape index (κ1) is 18.4. The van der Waals surface area contributed by atoms with Gasteiger partial charge in [0.1, 0.15) is 23.7 Å². The van der Waals surface area contributed by atoms with Crippen molar-refractivity contribution in [3.05, 3.63) is 94.5 Å². The average Bonchev–Trinajstić information content (AvgIpc) is 2.83. The van der Waals surface area contributed by atoms with Crippen molar-refractivity contribution in [1.82, 2.24) is 0 Å². The van der Waals surface area contributed by atoms with Crippen LogP contribution in [0.2, 0.25) is 0 Å². The second-order valence-corrected chi connectivity index (χ2v) is 6.59. The minimum atomic E-state index is -4.45. The Morgan fingerprint density at radius 2 is 1.68 bits per heavy atom. The van der Waals surface area contributed by atoms with Gasteiger partial charge in [-0.25, -0.2) is 0 Å². The second kappa shape index (κ2) is 6.56. The van der Waals surface area contributed by atoms with Gasteiger partial charge in [0.2, 0.25) is 0 Å². The summed E-state index contributed by atoms with van der Waals surface area (Å²) in [5, 5.41) is 11.9. The molecule has 28 heavy (non-hydrogen) atoms. The number of hydrogen-bond donors (Lipinski definition) is 1. The molecular weight excluding hydrogens is 369 g/mol. The molecule has 1 atom stereocenters. The Balaban J connectivity index is 1.96.